The van der Waals surface area contributed by atoms with Crippen molar-refractivity contribution in [3.05, 3.63) is 35.9 Å². The fourth-order valence-electron chi connectivity index (χ4n) is 1.07. The highest BCUT2D eigenvalue weighted by Gasteiger charge is 2.05. The second kappa shape index (κ2) is 6.24. The first-order valence-corrected chi connectivity index (χ1v) is 5.69. The third-order valence-electron chi connectivity index (χ3n) is 1.81. The number of nitrogens with two attached hydrogens (primary N) is 1. The molecule has 1 aromatic rings. The van der Waals surface area contributed by atoms with Gasteiger partial charge >= 0.3 is 0 Å². The standard InChI is InChI=1S/C11H13NO2S/c12-10(13)7-4-8-15-11(14)9-5-2-1-3-6-9/h1-3,5-6H,4,7-8H2,(H2,12,13). The van der Waals surface area contributed by atoms with Crippen LogP contribution in [0.25, 0.3) is 0 Å². The summed E-state index contributed by atoms with van der Waals surface area (Å²) in [6, 6.07) is 9.09. The molecule has 1 rings (SSSR count). The zero-order valence-corrected chi connectivity index (χ0v) is 9.13. The van der Waals surface area contributed by atoms with Gasteiger partial charge in [-0.15, -0.1) is 0 Å². The molecule has 80 valence electrons. The Morgan fingerprint density at radius 2 is 1.87 bits per heavy atom. The number of hydrogen-bond donors (Lipinski definition) is 1. The molecule has 0 atom stereocenters. The molecular formula is C11H13NO2S. The van der Waals surface area contributed by atoms with Crippen molar-refractivity contribution < 1.29 is 9.59 Å². The van der Waals surface area contributed by atoms with Crippen LogP contribution in [-0.2, 0) is 4.79 Å². The van der Waals surface area contributed by atoms with Crippen LogP contribution < -0.4 is 5.73 Å². The summed E-state index contributed by atoms with van der Waals surface area (Å²) in [5, 5.41) is 0.0417. The minimum Gasteiger partial charge on any atom is -0.370 e. The van der Waals surface area contributed by atoms with E-state index in [1.54, 1.807) is 12.1 Å². The summed E-state index contributed by atoms with van der Waals surface area (Å²) in [5.74, 6) is 0.319. The van der Waals surface area contributed by atoms with Crippen molar-refractivity contribution in [1.29, 1.82) is 0 Å². The van der Waals surface area contributed by atoms with Crippen LogP contribution in [0.5, 0.6) is 0 Å². The fourth-order valence-corrected chi connectivity index (χ4v) is 1.85. The summed E-state index contributed by atoms with van der Waals surface area (Å²) < 4.78 is 0. The van der Waals surface area contributed by atoms with E-state index in [4.69, 9.17) is 5.73 Å². The number of primary amides is 1. The van der Waals surface area contributed by atoms with E-state index in [2.05, 4.69) is 0 Å². The third kappa shape index (κ3) is 4.65. The van der Waals surface area contributed by atoms with Crippen molar-refractivity contribution in [3.8, 4) is 0 Å². The number of hydrogen-bond acceptors (Lipinski definition) is 3. The maximum atomic E-state index is 11.5. The number of amides is 1. The maximum absolute atomic E-state index is 11.5. The van der Waals surface area contributed by atoms with Crippen molar-refractivity contribution in [2.45, 2.75) is 12.8 Å². The lowest BCUT2D eigenvalue weighted by Gasteiger charge is -1.99. The average Bonchev–Trinajstić information content (AvgIpc) is 2.25. The van der Waals surface area contributed by atoms with Crippen molar-refractivity contribution in [2.75, 3.05) is 5.75 Å². The molecule has 0 aliphatic rings. The molecule has 2 N–H and O–H groups in total. The highest BCUT2D eigenvalue weighted by Crippen LogP contribution is 2.13. The predicted octanol–water partition coefficient (Wildman–Crippen LogP) is 1.83. The Labute approximate surface area is 93.0 Å². The van der Waals surface area contributed by atoms with Gasteiger partial charge in [0.15, 0.2) is 0 Å². The molecule has 4 heteroatoms. The summed E-state index contributed by atoms with van der Waals surface area (Å²) in [6.45, 7) is 0. The van der Waals surface area contributed by atoms with Gasteiger partial charge in [-0.1, -0.05) is 42.1 Å². The third-order valence-corrected chi connectivity index (χ3v) is 2.80. The van der Waals surface area contributed by atoms with Crippen LogP contribution in [0.15, 0.2) is 30.3 Å². The van der Waals surface area contributed by atoms with Crippen molar-refractivity contribution >= 4 is 22.8 Å². The Balaban J connectivity index is 2.28. The molecular weight excluding hydrogens is 210 g/mol. The molecule has 0 fully saturated rings. The van der Waals surface area contributed by atoms with Crippen LogP contribution in [0.2, 0.25) is 0 Å². The monoisotopic (exact) mass is 223 g/mol. The van der Waals surface area contributed by atoms with Gasteiger partial charge < -0.3 is 5.73 Å². The Bertz CT molecular complexity index is 338. The molecule has 0 bridgehead atoms. The van der Waals surface area contributed by atoms with E-state index in [9.17, 15) is 9.59 Å². The zero-order chi connectivity index (χ0) is 11.1. The SMILES string of the molecule is NC(=O)CCCSC(=O)c1ccccc1. The first-order chi connectivity index (χ1) is 7.20. The lowest BCUT2D eigenvalue weighted by atomic mass is 10.2. The van der Waals surface area contributed by atoms with E-state index in [0.29, 0.717) is 24.2 Å². The van der Waals surface area contributed by atoms with Crippen LogP contribution in [0.4, 0.5) is 0 Å². The lowest BCUT2D eigenvalue weighted by molar-refractivity contribution is -0.118. The van der Waals surface area contributed by atoms with Crippen LogP contribution in [0.3, 0.4) is 0 Å². The highest BCUT2D eigenvalue weighted by atomic mass is 32.2. The number of carbonyl (C=O) groups is 2. The van der Waals surface area contributed by atoms with Gasteiger partial charge in [-0.05, 0) is 6.42 Å². The van der Waals surface area contributed by atoms with Crippen molar-refractivity contribution in [2.24, 2.45) is 5.73 Å². The molecule has 1 amide bonds. The molecule has 1 aromatic carbocycles. The van der Waals surface area contributed by atoms with E-state index in [-0.39, 0.29) is 11.0 Å². The first kappa shape index (κ1) is 11.8. The van der Waals surface area contributed by atoms with Gasteiger partial charge in [0.1, 0.15) is 0 Å². The normalized spacial score (nSPS) is 9.87. The van der Waals surface area contributed by atoms with Crippen molar-refractivity contribution in [3.63, 3.8) is 0 Å². The summed E-state index contributed by atoms with van der Waals surface area (Å²) in [5.41, 5.74) is 5.68. The molecule has 0 spiro atoms. The second-order valence-corrected chi connectivity index (χ2v) is 4.14. The molecule has 0 aliphatic carbocycles. The molecule has 3 nitrogen and oxygen atoms in total. The smallest absolute Gasteiger partial charge is 0.219 e. The number of thioether (sulfide) groups is 1. The summed E-state index contributed by atoms with van der Waals surface area (Å²) in [6.07, 6.45) is 0.994. The predicted molar refractivity (Wildman–Crippen MR) is 61.7 cm³/mol. The van der Waals surface area contributed by atoms with Gasteiger partial charge in [-0.25, -0.2) is 0 Å². The van der Waals surface area contributed by atoms with Gasteiger partial charge in [0.25, 0.3) is 0 Å². The van der Waals surface area contributed by atoms with Gasteiger partial charge in [-0.2, -0.15) is 0 Å². The highest BCUT2D eigenvalue weighted by molar-refractivity contribution is 8.14. The Morgan fingerprint density at radius 1 is 1.20 bits per heavy atom. The molecule has 15 heavy (non-hydrogen) atoms. The Hall–Kier alpha value is -1.29. The van der Waals surface area contributed by atoms with Gasteiger partial charge in [0.05, 0.1) is 0 Å². The number of benzene rings is 1. The van der Waals surface area contributed by atoms with Gasteiger partial charge in [-0.3, -0.25) is 9.59 Å². The quantitative estimate of drug-likeness (QED) is 0.775. The molecule has 0 saturated heterocycles. The minimum absolute atomic E-state index is 0.0417. The number of rotatable bonds is 5. The molecule has 0 heterocycles. The van der Waals surface area contributed by atoms with E-state index in [1.807, 2.05) is 18.2 Å². The van der Waals surface area contributed by atoms with Crippen LogP contribution in [0.1, 0.15) is 23.2 Å². The Morgan fingerprint density at radius 3 is 2.47 bits per heavy atom. The summed E-state index contributed by atoms with van der Waals surface area (Å²) >= 11 is 1.22. The van der Waals surface area contributed by atoms with Crippen molar-refractivity contribution in [1.82, 2.24) is 0 Å². The minimum atomic E-state index is -0.317. The van der Waals surface area contributed by atoms with E-state index in [1.165, 1.54) is 11.8 Å². The molecule has 0 saturated carbocycles. The van der Waals surface area contributed by atoms with Crippen LogP contribution in [0, 0.1) is 0 Å². The fraction of sp³-hybridized carbons (Fsp3) is 0.273. The van der Waals surface area contributed by atoms with Crippen LogP contribution in [-0.4, -0.2) is 16.8 Å². The average molecular weight is 223 g/mol. The topological polar surface area (TPSA) is 60.2 Å². The van der Waals surface area contributed by atoms with E-state index >= 15 is 0 Å². The summed E-state index contributed by atoms with van der Waals surface area (Å²) in [7, 11) is 0. The summed E-state index contributed by atoms with van der Waals surface area (Å²) in [4.78, 5) is 22.0. The Kier molecular flexibility index (Phi) is 4.90. The van der Waals surface area contributed by atoms with Gasteiger partial charge in [0, 0.05) is 17.7 Å². The molecule has 0 unspecified atom stereocenters. The van der Waals surface area contributed by atoms with E-state index in [0.717, 1.165) is 0 Å². The molecule has 0 aromatic heterocycles. The van der Waals surface area contributed by atoms with Crippen LogP contribution >= 0.6 is 11.8 Å². The molecule has 0 radical (unpaired) electrons. The zero-order valence-electron chi connectivity index (χ0n) is 8.31. The first-order valence-electron chi connectivity index (χ1n) is 4.70. The molecule has 0 aliphatic heterocycles. The lowest BCUT2D eigenvalue weighted by Crippen LogP contribution is -2.10. The maximum Gasteiger partial charge on any atom is 0.219 e. The number of carbonyl (C=O) groups excluding carboxylic acids is 2. The second-order valence-electron chi connectivity index (χ2n) is 3.07. The van der Waals surface area contributed by atoms with Gasteiger partial charge in [0.2, 0.25) is 11.0 Å². The van der Waals surface area contributed by atoms with E-state index < -0.39 is 0 Å². The largest absolute Gasteiger partial charge is 0.370 e.